The molecule has 0 unspecified atom stereocenters. The van der Waals surface area contributed by atoms with E-state index in [0.29, 0.717) is 0 Å². The largest absolute Gasteiger partial charge is 0.872 e. The van der Waals surface area contributed by atoms with E-state index < -0.39 is 27.1 Å². The Kier molecular flexibility index (Phi) is 4.07. The second-order valence-electron chi connectivity index (χ2n) is 4.13. The quantitative estimate of drug-likeness (QED) is 0.487. The van der Waals surface area contributed by atoms with Gasteiger partial charge in [0.2, 0.25) is 5.82 Å². The number of hydrogen-bond donors (Lipinski definition) is 0. The van der Waals surface area contributed by atoms with E-state index in [1.165, 1.54) is 6.07 Å². The number of halogens is 1. The van der Waals surface area contributed by atoms with Gasteiger partial charge in [-0.05, 0) is 17.7 Å². The van der Waals surface area contributed by atoms with Crippen molar-refractivity contribution in [2.45, 2.75) is 0 Å². The summed E-state index contributed by atoms with van der Waals surface area (Å²) >= 11 is 0. The maximum Gasteiger partial charge on any atom is 0.306 e. The molecule has 0 N–H and O–H groups in total. The highest BCUT2D eigenvalue weighted by molar-refractivity contribution is 5.86. The number of nitro groups is 2. The van der Waals surface area contributed by atoms with Gasteiger partial charge in [-0.3, -0.25) is 25.2 Å². The van der Waals surface area contributed by atoms with Crippen LogP contribution in [0, 0.1) is 26.0 Å². The molecule has 0 saturated heterocycles. The number of nitrogens with zero attached hydrogens (tertiary/aromatic N) is 3. The molecule has 9 heteroatoms. The Morgan fingerprint density at radius 2 is 1.77 bits per heavy atom. The highest BCUT2D eigenvalue weighted by atomic mass is 19.1. The highest BCUT2D eigenvalue weighted by Gasteiger charge is 2.13. The Morgan fingerprint density at radius 3 is 2.41 bits per heavy atom. The van der Waals surface area contributed by atoms with E-state index in [1.54, 1.807) is 0 Å². The third kappa shape index (κ3) is 3.20. The van der Waals surface area contributed by atoms with Crippen molar-refractivity contribution in [2.24, 2.45) is 4.99 Å². The number of rotatable bonds is 4. The topological polar surface area (TPSA) is 122 Å². The molecular formula is C13H7FN3O5-. The van der Waals surface area contributed by atoms with Crippen LogP contribution in [0.1, 0.15) is 5.56 Å². The second-order valence-corrected chi connectivity index (χ2v) is 4.13. The summed E-state index contributed by atoms with van der Waals surface area (Å²) in [6, 6.07) is 6.06. The zero-order valence-electron chi connectivity index (χ0n) is 10.8. The van der Waals surface area contributed by atoms with Crippen molar-refractivity contribution in [3.63, 3.8) is 0 Å². The van der Waals surface area contributed by atoms with Gasteiger partial charge >= 0.3 is 5.69 Å². The first-order chi connectivity index (χ1) is 10.4. The molecule has 0 spiro atoms. The summed E-state index contributed by atoms with van der Waals surface area (Å²) in [7, 11) is 0. The van der Waals surface area contributed by atoms with Crippen LogP contribution in [0.4, 0.5) is 21.5 Å². The lowest BCUT2D eigenvalue weighted by atomic mass is 10.2. The molecule has 22 heavy (non-hydrogen) atoms. The van der Waals surface area contributed by atoms with E-state index in [-0.39, 0.29) is 16.9 Å². The monoisotopic (exact) mass is 304 g/mol. The van der Waals surface area contributed by atoms with Crippen molar-refractivity contribution in [3.8, 4) is 5.75 Å². The summed E-state index contributed by atoms with van der Waals surface area (Å²) in [5.41, 5.74) is -1.05. The Bertz CT molecular complexity index is 791. The van der Waals surface area contributed by atoms with Crippen molar-refractivity contribution in [1.29, 1.82) is 0 Å². The standard InChI is InChI=1S/C13H8FN3O5/c14-11-3-1-9(6-12(11)17(21)22)15-7-8-5-10(16(19)20)2-4-13(8)18/h1-7,18H/p-1. The van der Waals surface area contributed by atoms with Crippen LogP contribution >= 0.6 is 0 Å². The summed E-state index contributed by atoms with van der Waals surface area (Å²) in [4.78, 5) is 23.5. The number of non-ortho nitro benzene ring substituents is 1. The number of benzene rings is 2. The minimum absolute atomic E-state index is 0.0407. The summed E-state index contributed by atoms with van der Waals surface area (Å²) in [6.07, 6.45) is 1.03. The Balaban J connectivity index is 2.36. The molecule has 0 aromatic heterocycles. The van der Waals surface area contributed by atoms with Crippen LogP contribution in [-0.2, 0) is 0 Å². The molecule has 2 rings (SSSR count). The van der Waals surface area contributed by atoms with Gasteiger partial charge in [-0.2, -0.15) is 4.39 Å². The van der Waals surface area contributed by atoms with Crippen LogP contribution in [0.3, 0.4) is 0 Å². The van der Waals surface area contributed by atoms with Gasteiger partial charge in [0.15, 0.2) is 0 Å². The van der Waals surface area contributed by atoms with Crippen LogP contribution in [-0.4, -0.2) is 16.1 Å². The lowest BCUT2D eigenvalue weighted by Crippen LogP contribution is -1.98. The van der Waals surface area contributed by atoms with Crippen molar-refractivity contribution in [2.75, 3.05) is 0 Å². The zero-order chi connectivity index (χ0) is 16.3. The van der Waals surface area contributed by atoms with Crippen LogP contribution < -0.4 is 5.11 Å². The zero-order valence-corrected chi connectivity index (χ0v) is 10.8. The second kappa shape index (κ2) is 5.95. The van der Waals surface area contributed by atoms with Crippen LogP contribution in [0.5, 0.6) is 5.75 Å². The summed E-state index contributed by atoms with van der Waals surface area (Å²) in [5, 5.41) is 32.8. The van der Waals surface area contributed by atoms with Crippen LogP contribution in [0.2, 0.25) is 0 Å². The molecule has 0 fully saturated rings. The molecule has 0 atom stereocenters. The maximum absolute atomic E-state index is 13.2. The van der Waals surface area contributed by atoms with E-state index in [4.69, 9.17) is 0 Å². The van der Waals surface area contributed by atoms with E-state index in [0.717, 1.165) is 36.5 Å². The normalized spacial score (nSPS) is 10.8. The van der Waals surface area contributed by atoms with Gasteiger partial charge in [0, 0.05) is 24.4 Å². The van der Waals surface area contributed by atoms with Gasteiger partial charge in [-0.1, -0.05) is 11.8 Å². The minimum atomic E-state index is -1.01. The molecule has 0 aliphatic heterocycles. The summed E-state index contributed by atoms with van der Waals surface area (Å²) in [6.45, 7) is 0. The molecule has 112 valence electrons. The van der Waals surface area contributed by atoms with E-state index in [2.05, 4.69) is 4.99 Å². The predicted molar refractivity (Wildman–Crippen MR) is 72.9 cm³/mol. The molecular weight excluding hydrogens is 297 g/mol. The minimum Gasteiger partial charge on any atom is -0.872 e. The first kappa shape index (κ1) is 15.0. The van der Waals surface area contributed by atoms with Crippen LogP contribution in [0.15, 0.2) is 41.4 Å². The Hall–Kier alpha value is -3.36. The van der Waals surface area contributed by atoms with Gasteiger partial charge < -0.3 is 5.11 Å². The van der Waals surface area contributed by atoms with Crippen molar-refractivity contribution in [3.05, 3.63) is 68.0 Å². The average molecular weight is 304 g/mol. The first-order valence-electron chi connectivity index (χ1n) is 5.82. The Morgan fingerprint density at radius 1 is 1.05 bits per heavy atom. The van der Waals surface area contributed by atoms with Gasteiger partial charge in [-0.15, -0.1) is 0 Å². The van der Waals surface area contributed by atoms with E-state index in [1.807, 2.05) is 0 Å². The number of nitro benzene ring substituents is 2. The predicted octanol–water partition coefficient (Wildman–Crippen LogP) is 2.47. The number of hydrogen-bond acceptors (Lipinski definition) is 6. The molecule has 0 saturated carbocycles. The molecule has 0 radical (unpaired) electrons. The van der Waals surface area contributed by atoms with Gasteiger partial charge in [0.1, 0.15) is 0 Å². The van der Waals surface area contributed by atoms with Crippen molar-refractivity contribution >= 4 is 23.3 Å². The molecule has 2 aromatic rings. The fourth-order valence-corrected chi connectivity index (χ4v) is 1.62. The molecule has 0 amide bonds. The Labute approximate surface area is 122 Å². The van der Waals surface area contributed by atoms with Crippen molar-refractivity contribution < 1.29 is 19.3 Å². The van der Waals surface area contributed by atoms with Crippen LogP contribution in [0.25, 0.3) is 0 Å². The summed E-state index contributed by atoms with van der Waals surface area (Å²) < 4.78 is 13.2. The first-order valence-corrected chi connectivity index (χ1v) is 5.82. The highest BCUT2D eigenvalue weighted by Crippen LogP contribution is 2.24. The number of aliphatic imine (C=N–C) groups is 1. The van der Waals surface area contributed by atoms with E-state index >= 15 is 0 Å². The average Bonchev–Trinajstić information content (AvgIpc) is 2.47. The molecule has 8 nitrogen and oxygen atoms in total. The van der Waals surface area contributed by atoms with Gasteiger partial charge in [0.05, 0.1) is 15.5 Å². The summed E-state index contributed by atoms with van der Waals surface area (Å²) in [5.74, 6) is -1.50. The third-order valence-corrected chi connectivity index (χ3v) is 2.68. The molecule has 0 heterocycles. The van der Waals surface area contributed by atoms with Gasteiger partial charge in [0.25, 0.3) is 5.69 Å². The maximum atomic E-state index is 13.2. The lowest BCUT2D eigenvalue weighted by Gasteiger charge is -2.08. The fraction of sp³-hybridized carbons (Fsp3) is 0. The molecule has 2 aromatic carbocycles. The molecule has 0 bridgehead atoms. The lowest BCUT2D eigenvalue weighted by molar-refractivity contribution is -0.387. The van der Waals surface area contributed by atoms with E-state index in [9.17, 15) is 29.7 Å². The van der Waals surface area contributed by atoms with Gasteiger partial charge in [-0.25, -0.2) is 0 Å². The fourth-order valence-electron chi connectivity index (χ4n) is 1.62. The van der Waals surface area contributed by atoms with Crippen molar-refractivity contribution in [1.82, 2.24) is 0 Å². The SMILES string of the molecule is O=[N+]([O-])c1ccc([O-])c(C=Nc2ccc(F)c([N+](=O)[O-])c2)c1. The molecule has 0 aliphatic rings. The third-order valence-electron chi connectivity index (χ3n) is 2.68. The molecule has 0 aliphatic carbocycles. The smallest absolute Gasteiger partial charge is 0.306 e.